The van der Waals surface area contributed by atoms with E-state index in [1.54, 1.807) is 12.3 Å². The van der Waals surface area contributed by atoms with E-state index in [-0.39, 0.29) is 23.8 Å². The van der Waals surface area contributed by atoms with Gasteiger partial charge in [-0.25, -0.2) is 4.39 Å². The number of amides is 1. The number of anilines is 1. The van der Waals surface area contributed by atoms with Gasteiger partial charge in [-0.15, -0.1) is 0 Å². The molecule has 0 aliphatic carbocycles. The van der Waals surface area contributed by atoms with Crippen molar-refractivity contribution >= 4 is 22.6 Å². The number of aliphatic hydroxyl groups excluding tert-OH is 1. The molecule has 4 rings (SSSR count). The highest BCUT2D eigenvalue weighted by molar-refractivity contribution is 5.94. The molecule has 1 atom stereocenters. The highest BCUT2D eigenvalue weighted by atomic mass is 19.1. The molecule has 0 radical (unpaired) electrons. The van der Waals surface area contributed by atoms with E-state index in [2.05, 4.69) is 20.2 Å². The van der Waals surface area contributed by atoms with Gasteiger partial charge in [0, 0.05) is 50.7 Å². The maximum atomic E-state index is 14.4. The summed E-state index contributed by atoms with van der Waals surface area (Å²) in [6.45, 7) is 4.29. The Morgan fingerprint density at radius 3 is 2.82 bits per heavy atom. The van der Waals surface area contributed by atoms with Crippen molar-refractivity contribution in [2.45, 2.75) is 25.9 Å². The lowest BCUT2D eigenvalue weighted by atomic mass is 10.1. The van der Waals surface area contributed by atoms with Crippen molar-refractivity contribution in [2.24, 2.45) is 0 Å². The van der Waals surface area contributed by atoms with Crippen LogP contribution in [0.25, 0.3) is 11.0 Å². The van der Waals surface area contributed by atoms with Gasteiger partial charge in [0.2, 0.25) is 0 Å². The van der Waals surface area contributed by atoms with Crippen LogP contribution in [0.15, 0.2) is 41.3 Å². The number of aromatic amines is 1. The molecule has 3 N–H and O–H groups in total. The first kappa shape index (κ1) is 22.9. The average Bonchev–Trinajstić information content (AvgIpc) is 2.83. The van der Waals surface area contributed by atoms with E-state index in [1.807, 2.05) is 24.0 Å². The number of nitrogens with zero attached hydrogens (tertiary/aromatic N) is 3. The molecule has 174 valence electrons. The molecular formula is C24H28FN5O3. The molecule has 0 spiro atoms. The van der Waals surface area contributed by atoms with E-state index in [0.717, 1.165) is 11.1 Å². The Labute approximate surface area is 191 Å². The summed E-state index contributed by atoms with van der Waals surface area (Å²) in [4.78, 5) is 35.5. The van der Waals surface area contributed by atoms with Crippen LogP contribution in [-0.4, -0.2) is 65.2 Å². The Kier molecular flexibility index (Phi) is 6.71. The Morgan fingerprint density at radius 2 is 2.12 bits per heavy atom. The Hall–Kier alpha value is -3.30. The van der Waals surface area contributed by atoms with E-state index < -0.39 is 11.7 Å². The first-order valence-corrected chi connectivity index (χ1v) is 11.1. The minimum Gasteiger partial charge on any atom is -0.395 e. The Morgan fingerprint density at radius 1 is 1.30 bits per heavy atom. The fourth-order valence-electron chi connectivity index (χ4n) is 4.28. The number of pyridine rings is 2. The zero-order chi connectivity index (χ0) is 23.5. The van der Waals surface area contributed by atoms with Crippen LogP contribution in [0.4, 0.5) is 10.1 Å². The minimum atomic E-state index is -0.572. The van der Waals surface area contributed by atoms with E-state index in [1.165, 1.54) is 19.2 Å². The predicted molar refractivity (Wildman–Crippen MR) is 125 cm³/mol. The number of halogens is 1. The van der Waals surface area contributed by atoms with Crippen LogP contribution in [0.3, 0.4) is 0 Å². The summed E-state index contributed by atoms with van der Waals surface area (Å²) in [5.74, 6) is -1.04. The van der Waals surface area contributed by atoms with Crippen molar-refractivity contribution in [3.63, 3.8) is 0 Å². The van der Waals surface area contributed by atoms with Crippen LogP contribution in [-0.2, 0) is 13.0 Å². The molecule has 33 heavy (non-hydrogen) atoms. The van der Waals surface area contributed by atoms with Crippen molar-refractivity contribution in [3.8, 4) is 0 Å². The third kappa shape index (κ3) is 4.74. The zero-order valence-corrected chi connectivity index (χ0v) is 18.8. The molecule has 0 saturated carbocycles. The van der Waals surface area contributed by atoms with Gasteiger partial charge in [0.15, 0.2) is 0 Å². The SMILES string of the molecule is CCc1cc2ncc(CN3CCN(c4ccc(C(=O)NC)c(F)c4)C[C@H]3CO)cc2[nH]c1=O. The number of fused-ring (bicyclic) bond motifs is 1. The van der Waals surface area contributed by atoms with Gasteiger partial charge in [-0.3, -0.25) is 19.5 Å². The van der Waals surface area contributed by atoms with Crippen molar-refractivity contribution in [1.82, 2.24) is 20.2 Å². The van der Waals surface area contributed by atoms with Gasteiger partial charge < -0.3 is 20.3 Å². The van der Waals surface area contributed by atoms with E-state index in [9.17, 15) is 19.1 Å². The molecule has 3 aromatic rings. The number of piperazine rings is 1. The van der Waals surface area contributed by atoms with Crippen molar-refractivity contribution < 1.29 is 14.3 Å². The lowest BCUT2D eigenvalue weighted by molar-refractivity contribution is 0.0959. The summed E-state index contributed by atoms with van der Waals surface area (Å²) < 4.78 is 14.4. The Balaban J connectivity index is 1.49. The maximum Gasteiger partial charge on any atom is 0.253 e. The van der Waals surface area contributed by atoms with Crippen LogP contribution >= 0.6 is 0 Å². The summed E-state index contributed by atoms with van der Waals surface area (Å²) in [6.07, 6.45) is 2.45. The van der Waals surface area contributed by atoms with Crippen molar-refractivity contribution in [1.29, 1.82) is 0 Å². The topological polar surface area (TPSA) is 102 Å². The van der Waals surface area contributed by atoms with Gasteiger partial charge >= 0.3 is 0 Å². The number of aromatic nitrogens is 2. The van der Waals surface area contributed by atoms with Crippen molar-refractivity contribution in [2.75, 3.05) is 38.2 Å². The number of carbonyl (C=O) groups excluding carboxylic acids is 1. The number of hydrogen-bond acceptors (Lipinski definition) is 6. The number of aryl methyl sites for hydroxylation is 1. The van der Waals surface area contributed by atoms with Crippen LogP contribution in [0, 0.1) is 5.82 Å². The normalized spacial score (nSPS) is 16.8. The molecule has 1 amide bonds. The molecule has 1 aromatic carbocycles. The lowest BCUT2D eigenvalue weighted by Gasteiger charge is -2.41. The number of benzene rings is 1. The number of carbonyl (C=O) groups is 1. The quantitative estimate of drug-likeness (QED) is 0.525. The monoisotopic (exact) mass is 453 g/mol. The highest BCUT2D eigenvalue weighted by Crippen LogP contribution is 2.23. The molecular weight excluding hydrogens is 425 g/mol. The van der Waals surface area contributed by atoms with Crippen LogP contribution in [0.2, 0.25) is 0 Å². The highest BCUT2D eigenvalue weighted by Gasteiger charge is 2.27. The smallest absolute Gasteiger partial charge is 0.253 e. The molecule has 1 saturated heterocycles. The molecule has 0 bridgehead atoms. The number of rotatable bonds is 6. The summed E-state index contributed by atoms with van der Waals surface area (Å²) >= 11 is 0. The first-order chi connectivity index (χ1) is 15.9. The van der Waals surface area contributed by atoms with E-state index in [0.29, 0.717) is 49.4 Å². The molecule has 0 unspecified atom stereocenters. The van der Waals surface area contributed by atoms with Crippen LogP contribution < -0.4 is 15.8 Å². The van der Waals surface area contributed by atoms with Crippen LogP contribution in [0.1, 0.15) is 28.4 Å². The molecule has 9 heteroatoms. The predicted octanol–water partition coefficient (Wildman–Crippen LogP) is 1.67. The van der Waals surface area contributed by atoms with Crippen LogP contribution in [0.5, 0.6) is 0 Å². The summed E-state index contributed by atoms with van der Waals surface area (Å²) in [6, 6.07) is 8.17. The molecule has 2 aromatic heterocycles. The van der Waals surface area contributed by atoms with Gasteiger partial charge in [0.1, 0.15) is 5.82 Å². The maximum absolute atomic E-state index is 14.4. The van der Waals surface area contributed by atoms with E-state index >= 15 is 0 Å². The minimum absolute atomic E-state index is 0.00602. The third-order valence-corrected chi connectivity index (χ3v) is 6.20. The third-order valence-electron chi connectivity index (χ3n) is 6.20. The molecule has 3 heterocycles. The standard InChI is InChI=1S/C24H28FN5O3/c1-3-16-9-21-22(28-23(16)32)8-15(11-27-21)12-29-6-7-30(13-18(29)14-31)17-4-5-19(20(25)10-17)24(33)26-2/h4-5,8-11,18,31H,3,6-7,12-14H2,1-2H3,(H,26,33)(H,28,32)/t18-/m0/s1. The van der Waals surface area contributed by atoms with Gasteiger partial charge in [-0.1, -0.05) is 6.92 Å². The first-order valence-electron chi connectivity index (χ1n) is 11.1. The fourth-order valence-corrected chi connectivity index (χ4v) is 4.28. The number of hydrogen-bond donors (Lipinski definition) is 3. The second-order valence-corrected chi connectivity index (χ2v) is 8.25. The van der Waals surface area contributed by atoms with Gasteiger partial charge in [0.05, 0.1) is 29.2 Å². The molecule has 1 aliphatic rings. The molecule has 1 aliphatic heterocycles. The summed E-state index contributed by atoms with van der Waals surface area (Å²) in [7, 11) is 1.46. The summed E-state index contributed by atoms with van der Waals surface area (Å²) in [5, 5.41) is 12.4. The lowest BCUT2D eigenvalue weighted by Crippen LogP contribution is -2.54. The largest absolute Gasteiger partial charge is 0.395 e. The van der Waals surface area contributed by atoms with Gasteiger partial charge in [-0.2, -0.15) is 0 Å². The fraction of sp³-hybridized carbons (Fsp3) is 0.375. The van der Waals surface area contributed by atoms with Gasteiger partial charge in [-0.05, 0) is 42.3 Å². The number of H-pyrrole nitrogens is 1. The second-order valence-electron chi connectivity index (χ2n) is 8.25. The molecule has 1 fully saturated rings. The molecule has 8 nitrogen and oxygen atoms in total. The number of aliphatic hydroxyl groups is 1. The zero-order valence-electron chi connectivity index (χ0n) is 18.8. The summed E-state index contributed by atoms with van der Waals surface area (Å²) in [5.41, 5.74) is 3.68. The van der Waals surface area contributed by atoms with Crippen molar-refractivity contribution in [3.05, 3.63) is 69.4 Å². The second kappa shape index (κ2) is 9.68. The van der Waals surface area contributed by atoms with Gasteiger partial charge in [0.25, 0.3) is 11.5 Å². The average molecular weight is 454 g/mol. The van der Waals surface area contributed by atoms with E-state index in [4.69, 9.17) is 0 Å². The number of nitrogens with one attached hydrogen (secondary N) is 2. The Bertz CT molecular complexity index is 1230.